The Hall–Kier alpha value is -2.59. The number of halogens is 1. The van der Waals surface area contributed by atoms with Crippen LogP contribution in [0.25, 0.3) is 0 Å². The van der Waals surface area contributed by atoms with Crippen LogP contribution in [-0.2, 0) is 19.6 Å². The molecule has 0 radical (unpaired) electrons. The van der Waals surface area contributed by atoms with Gasteiger partial charge in [-0.2, -0.15) is 0 Å². The number of thioether (sulfide) groups is 1. The van der Waals surface area contributed by atoms with Gasteiger partial charge in [0.15, 0.2) is 5.25 Å². The minimum Gasteiger partial charge on any atom is -0.341 e. The number of hydrogen-bond acceptors (Lipinski definition) is 5. The summed E-state index contributed by atoms with van der Waals surface area (Å²) in [6, 6.07) is 9.43. The van der Waals surface area contributed by atoms with Crippen LogP contribution >= 0.6 is 11.8 Å². The summed E-state index contributed by atoms with van der Waals surface area (Å²) < 4.78 is 41.0. The van der Waals surface area contributed by atoms with Crippen molar-refractivity contribution in [1.82, 2.24) is 4.90 Å². The van der Waals surface area contributed by atoms with Gasteiger partial charge in [0, 0.05) is 18.0 Å². The van der Waals surface area contributed by atoms with E-state index >= 15 is 0 Å². The third kappa shape index (κ3) is 4.69. The number of hydrogen-bond donors (Lipinski definition) is 2. The quantitative estimate of drug-likeness (QED) is 0.679. The van der Waals surface area contributed by atoms with Gasteiger partial charge in [0.25, 0.3) is 10.0 Å². The Bertz CT molecular complexity index is 1130. The number of likely N-dealkylation sites (tertiary alicyclic amines) is 1. The second-order valence-corrected chi connectivity index (χ2v) is 10.6. The zero-order valence-corrected chi connectivity index (χ0v) is 18.4. The van der Waals surface area contributed by atoms with Crippen LogP contribution in [0.1, 0.15) is 19.8 Å². The fourth-order valence-corrected chi connectivity index (χ4v) is 5.71. The smallest absolute Gasteiger partial charge is 0.261 e. The number of sulfonamides is 1. The van der Waals surface area contributed by atoms with E-state index in [4.69, 9.17) is 0 Å². The number of carbonyl (C=O) groups is 2. The number of anilines is 2. The molecule has 0 unspecified atom stereocenters. The van der Waals surface area contributed by atoms with Crippen LogP contribution < -0.4 is 10.0 Å². The van der Waals surface area contributed by atoms with Gasteiger partial charge in [-0.25, -0.2) is 12.8 Å². The molecule has 2 aromatic rings. The summed E-state index contributed by atoms with van der Waals surface area (Å²) in [7, 11) is -3.99. The predicted molar refractivity (Wildman–Crippen MR) is 117 cm³/mol. The molecular formula is C21H22FN3O4S2. The number of nitrogens with one attached hydrogen (secondary N) is 2. The zero-order valence-electron chi connectivity index (χ0n) is 16.8. The Morgan fingerprint density at radius 2 is 1.94 bits per heavy atom. The maximum Gasteiger partial charge on any atom is 0.261 e. The Balaban J connectivity index is 1.52. The lowest BCUT2D eigenvalue weighted by atomic mass is 9.99. The van der Waals surface area contributed by atoms with Gasteiger partial charge < -0.3 is 10.2 Å². The van der Waals surface area contributed by atoms with Gasteiger partial charge in [0.1, 0.15) is 5.82 Å². The molecule has 0 bridgehead atoms. The first-order valence-electron chi connectivity index (χ1n) is 9.92. The monoisotopic (exact) mass is 463 g/mol. The van der Waals surface area contributed by atoms with Crippen LogP contribution in [0.4, 0.5) is 15.8 Å². The number of amides is 2. The first kappa shape index (κ1) is 21.6. The van der Waals surface area contributed by atoms with E-state index < -0.39 is 27.0 Å². The van der Waals surface area contributed by atoms with Crippen molar-refractivity contribution in [3.05, 3.63) is 48.3 Å². The van der Waals surface area contributed by atoms with E-state index in [9.17, 15) is 22.4 Å². The number of piperidine rings is 1. The van der Waals surface area contributed by atoms with Gasteiger partial charge in [0.05, 0.1) is 16.3 Å². The Morgan fingerprint density at radius 3 is 2.65 bits per heavy atom. The maximum atomic E-state index is 13.4. The molecule has 10 heteroatoms. The largest absolute Gasteiger partial charge is 0.341 e. The number of fused-ring (bicyclic) bond motifs is 1. The number of nitrogens with zero attached hydrogens (tertiary/aromatic N) is 1. The Labute approximate surface area is 184 Å². The Kier molecular flexibility index (Phi) is 5.94. The van der Waals surface area contributed by atoms with Crippen LogP contribution in [0.5, 0.6) is 0 Å². The van der Waals surface area contributed by atoms with Crippen LogP contribution in [0, 0.1) is 11.7 Å². The fourth-order valence-electron chi connectivity index (χ4n) is 3.58. The second-order valence-electron chi connectivity index (χ2n) is 7.77. The molecule has 2 N–H and O–H groups in total. The number of carbonyl (C=O) groups excluding carboxylic acids is 2. The first-order chi connectivity index (χ1) is 14.7. The molecule has 2 aliphatic heterocycles. The Morgan fingerprint density at radius 1 is 1.19 bits per heavy atom. The standard InChI is InChI=1S/C21H22FN3O4S2/c1-13-7-9-25(10-8-13)21(27)19-20(26)23-17-12-16(5-6-18(17)30-19)31(28,29)24-15-4-2-3-14(22)11-15/h2-6,11-13,19,24H,7-10H2,1H3,(H,23,26)/t19-/m0/s1. The van der Waals surface area contributed by atoms with E-state index in [0.717, 1.165) is 30.7 Å². The van der Waals surface area contributed by atoms with Crippen molar-refractivity contribution in [3.8, 4) is 0 Å². The van der Waals surface area contributed by atoms with E-state index in [1.165, 1.54) is 30.3 Å². The molecule has 2 aliphatic rings. The van der Waals surface area contributed by atoms with Gasteiger partial charge in [0.2, 0.25) is 11.8 Å². The molecule has 0 spiro atoms. The highest BCUT2D eigenvalue weighted by molar-refractivity contribution is 8.01. The highest BCUT2D eigenvalue weighted by Gasteiger charge is 2.37. The minimum atomic E-state index is -3.99. The molecule has 4 rings (SSSR count). The van der Waals surface area contributed by atoms with Crippen LogP contribution in [-0.4, -0.2) is 43.5 Å². The van der Waals surface area contributed by atoms with E-state index in [2.05, 4.69) is 17.0 Å². The molecule has 0 aliphatic carbocycles. The molecule has 31 heavy (non-hydrogen) atoms. The second kappa shape index (κ2) is 8.51. The van der Waals surface area contributed by atoms with Crippen molar-refractivity contribution in [3.63, 3.8) is 0 Å². The van der Waals surface area contributed by atoms with E-state index in [1.54, 1.807) is 11.0 Å². The normalized spacial score (nSPS) is 19.5. The van der Waals surface area contributed by atoms with Gasteiger partial charge in [-0.1, -0.05) is 13.0 Å². The number of benzene rings is 2. The molecule has 2 amide bonds. The lowest BCUT2D eigenvalue weighted by Crippen LogP contribution is -2.47. The van der Waals surface area contributed by atoms with Crippen molar-refractivity contribution in [1.29, 1.82) is 0 Å². The van der Waals surface area contributed by atoms with Crippen molar-refractivity contribution in [2.45, 2.75) is 34.8 Å². The zero-order chi connectivity index (χ0) is 22.2. The molecule has 1 fully saturated rings. The van der Waals surface area contributed by atoms with Gasteiger partial charge in [-0.3, -0.25) is 14.3 Å². The average molecular weight is 464 g/mol. The summed E-state index contributed by atoms with van der Waals surface area (Å²) >= 11 is 1.12. The molecule has 1 saturated heterocycles. The molecule has 7 nitrogen and oxygen atoms in total. The third-order valence-corrected chi connectivity index (χ3v) is 8.04. The summed E-state index contributed by atoms with van der Waals surface area (Å²) in [4.78, 5) is 27.7. The maximum absolute atomic E-state index is 13.4. The molecule has 0 saturated carbocycles. The third-order valence-electron chi connectivity index (χ3n) is 5.40. The topological polar surface area (TPSA) is 95.6 Å². The molecule has 1 atom stereocenters. The van der Waals surface area contributed by atoms with E-state index in [1.807, 2.05) is 0 Å². The highest BCUT2D eigenvalue weighted by Crippen LogP contribution is 2.38. The minimum absolute atomic E-state index is 0.0776. The van der Waals surface area contributed by atoms with E-state index in [0.29, 0.717) is 29.6 Å². The highest BCUT2D eigenvalue weighted by atomic mass is 32.2. The number of rotatable bonds is 4. The lowest BCUT2D eigenvalue weighted by Gasteiger charge is -2.33. The van der Waals surface area contributed by atoms with Crippen molar-refractivity contribution in [2.24, 2.45) is 5.92 Å². The first-order valence-corrected chi connectivity index (χ1v) is 12.3. The summed E-state index contributed by atoms with van der Waals surface area (Å²) in [5.41, 5.74) is 0.422. The SMILES string of the molecule is CC1CCN(C(=O)[C@H]2Sc3ccc(S(=O)(=O)Nc4cccc(F)c4)cc3NC2=O)CC1. The molecule has 0 aromatic heterocycles. The predicted octanol–water partition coefficient (Wildman–Crippen LogP) is 3.30. The summed E-state index contributed by atoms with van der Waals surface area (Å²) in [5, 5.41) is 1.77. The lowest BCUT2D eigenvalue weighted by molar-refractivity contribution is -0.135. The summed E-state index contributed by atoms with van der Waals surface area (Å²) in [6.45, 7) is 3.43. The molecule has 2 aromatic carbocycles. The average Bonchev–Trinajstić information content (AvgIpc) is 2.72. The van der Waals surface area contributed by atoms with Gasteiger partial charge in [-0.05, 0) is 55.2 Å². The van der Waals surface area contributed by atoms with Crippen LogP contribution in [0.2, 0.25) is 0 Å². The van der Waals surface area contributed by atoms with Crippen LogP contribution in [0.15, 0.2) is 52.3 Å². The van der Waals surface area contributed by atoms with Crippen molar-refractivity contribution >= 4 is 45.0 Å². The van der Waals surface area contributed by atoms with Gasteiger partial charge in [-0.15, -0.1) is 11.8 Å². The fraction of sp³-hybridized carbons (Fsp3) is 0.333. The van der Waals surface area contributed by atoms with Gasteiger partial charge >= 0.3 is 0 Å². The molecular weight excluding hydrogens is 441 g/mol. The molecule has 164 valence electrons. The summed E-state index contributed by atoms with van der Waals surface area (Å²) in [5.74, 6) is -0.676. The van der Waals surface area contributed by atoms with Crippen molar-refractivity contribution < 1.29 is 22.4 Å². The summed E-state index contributed by atoms with van der Waals surface area (Å²) in [6.07, 6.45) is 1.84. The molecule has 2 heterocycles. The van der Waals surface area contributed by atoms with E-state index in [-0.39, 0.29) is 16.5 Å². The van der Waals surface area contributed by atoms with Crippen LogP contribution in [0.3, 0.4) is 0 Å². The van der Waals surface area contributed by atoms with Crippen molar-refractivity contribution in [2.75, 3.05) is 23.1 Å².